The first-order valence-electron chi connectivity index (χ1n) is 9.64. The number of nitrogens with one attached hydrogen (secondary N) is 2. The second kappa shape index (κ2) is 8.34. The van der Waals surface area contributed by atoms with Gasteiger partial charge in [0.1, 0.15) is 12.1 Å². The lowest BCUT2D eigenvalue weighted by Crippen LogP contribution is -2.48. The SMILES string of the molecule is CC(C)C[C@]1(C)NC(=O)N(CC(=O)NN(c2ccccc2)c2ccccc2)C1=O. The number of imide groups is 1. The van der Waals surface area contributed by atoms with E-state index in [9.17, 15) is 14.4 Å². The molecule has 0 bridgehead atoms. The number of hydrogen-bond acceptors (Lipinski definition) is 4. The van der Waals surface area contributed by atoms with Crippen LogP contribution in [0, 0.1) is 5.92 Å². The van der Waals surface area contributed by atoms with Crippen LogP contribution in [0.15, 0.2) is 60.7 Å². The maximum atomic E-state index is 12.8. The van der Waals surface area contributed by atoms with Crippen molar-refractivity contribution in [2.45, 2.75) is 32.7 Å². The van der Waals surface area contributed by atoms with Crippen LogP contribution in [0.2, 0.25) is 0 Å². The first kappa shape index (κ1) is 20.4. The van der Waals surface area contributed by atoms with Crippen LogP contribution < -0.4 is 15.8 Å². The van der Waals surface area contributed by atoms with Crippen molar-refractivity contribution in [1.29, 1.82) is 0 Å². The first-order chi connectivity index (χ1) is 13.8. The fourth-order valence-corrected chi connectivity index (χ4v) is 3.58. The Balaban J connectivity index is 1.76. The molecule has 7 nitrogen and oxygen atoms in total. The molecule has 0 spiro atoms. The molecule has 2 aromatic carbocycles. The molecule has 1 fully saturated rings. The predicted octanol–water partition coefficient (Wildman–Crippen LogP) is 3.21. The van der Waals surface area contributed by atoms with E-state index in [-0.39, 0.29) is 18.4 Å². The average Bonchev–Trinajstić information content (AvgIpc) is 2.89. The van der Waals surface area contributed by atoms with E-state index in [1.807, 2.05) is 74.5 Å². The third-order valence-corrected chi connectivity index (χ3v) is 4.73. The van der Waals surface area contributed by atoms with Crippen molar-refractivity contribution in [1.82, 2.24) is 15.6 Å². The monoisotopic (exact) mass is 394 g/mol. The zero-order valence-electron chi connectivity index (χ0n) is 16.9. The Kier molecular flexibility index (Phi) is 5.87. The van der Waals surface area contributed by atoms with E-state index in [0.717, 1.165) is 16.3 Å². The molecule has 0 radical (unpaired) electrons. The number of benzene rings is 2. The van der Waals surface area contributed by atoms with Crippen molar-refractivity contribution in [2.24, 2.45) is 5.92 Å². The van der Waals surface area contributed by atoms with Gasteiger partial charge in [-0.1, -0.05) is 50.2 Å². The zero-order chi connectivity index (χ0) is 21.0. The van der Waals surface area contributed by atoms with Crippen LogP contribution >= 0.6 is 0 Å². The summed E-state index contributed by atoms with van der Waals surface area (Å²) in [6.45, 7) is 5.31. The molecule has 2 aromatic rings. The molecule has 0 aliphatic carbocycles. The van der Waals surface area contributed by atoms with E-state index in [1.54, 1.807) is 11.9 Å². The van der Waals surface area contributed by atoms with Gasteiger partial charge in [0.15, 0.2) is 0 Å². The van der Waals surface area contributed by atoms with E-state index < -0.39 is 17.5 Å². The van der Waals surface area contributed by atoms with Crippen LogP contribution in [0.5, 0.6) is 0 Å². The maximum Gasteiger partial charge on any atom is 0.325 e. The van der Waals surface area contributed by atoms with Crippen molar-refractivity contribution < 1.29 is 14.4 Å². The highest BCUT2D eigenvalue weighted by atomic mass is 16.2. The van der Waals surface area contributed by atoms with Gasteiger partial charge in [-0.2, -0.15) is 0 Å². The van der Waals surface area contributed by atoms with Crippen molar-refractivity contribution in [3.05, 3.63) is 60.7 Å². The van der Waals surface area contributed by atoms with Crippen LogP contribution in [-0.4, -0.2) is 34.8 Å². The minimum atomic E-state index is -0.982. The van der Waals surface area contributed by atoms with Crippen molar-refractivity contribution >= 4 is 29.2 Å². The molecule has 3 rings (SSSR count). The number of urea groups is 1. The van der Waals surface area contributed by atoms with Gasteiger partial charge < -0.3 is 5.32 Å². The summed E-state index contributed by atoms with van der Waals surface area (Å²) in [5, 5.41) is 4.36. The Labute approximate surface area is 170 Å². The average molecular weight is 394 g/mol. The van der Waals surface area contributed by atoms with Gasteiger partial charge in [-0.25, -0.2) is 4.79 Å². The molecule has 1 aliphatic heterocycles. The van der Waals surface area contributed by atoms with Crippen LogP contribution in [-0.2, 0) is 9.59 Å². The Morgan fingerprint density at radius 3 is 2.03 bits per heavy atom. The predicted molar refractivity (Wildman–Crippen MR) is 111 cm³/mol. The second-order valence-electron chi connectivity index (χ2n) is 7.79. The summed E-state index contributed by atoms with van der Waals surface area (Å²) < 4.78 is 0. The Morgan fingerprint density at radius 2 is 1.55 bits per heavy atom. The van der Waals surface area contributed by atoms with Gasteiger partial charge in [-0.05, 0) is 43.5 Å². The van der Waals surface area contributed by atoms with Gasteiger partial charge in [0.2, 0.25) is 0 Å². The Hall–Kier alpha value is -3.35. The molecule has 1 atom stereocenters. The lowest BCUT2D eigenvalue weighted by molar-refractivity contribution is -0.135. The summed E-state index contributed by atoms with van der Waals surface area (Å²) in [5.41, 5.74) is 3.34. The Bertz CT molecular complexity index is 846. The van der Waals surface area contributed by atoms with Crippen LogP contribution in [0.4, 0.5) is 16.2 Å². The lowest BCUT2D eigenvalue weighted by atomic mass is 9.91. The van der Waals surface area contributed by atoms with E-state index in [0.29, 0.717) is 6.42 Å². The van der Waals surface area contributed by atoms with Crippen LogP contribution in [0.25, 0.3) is 0 Å². The summed E-state index contributed by atoms with van der Waals surface area (Å²) in [6.07, 6.45) is 0.510. The number of anilines is 2. The number of rotatable bonds is 7. The van der Waals surface area contributed by atoms with E-state index in [2.05, 4.69) is 10.7 Å². The molecule has 1 heterocycles. The molecule has 29 heavy (non-hydrogen) atoms. The standard InChI is InChI=1S/C22H26N4O3/c1-16(2)14-22(3)20(28)25(21(29)23-22)15-19(27)24-26(17-10-6-4-7-11-17)18-12-8-5-9-13-18/h4-13,16H,14-15H2,1-3H3,(H,23,29)(H,24,27)/t22-/m0/s1. The van der Waals surface area contributed by atoms with Gasteiger partial charge >= 0.3 is 6.03 Å². The summed E-state index contributed by atoms with van der Waals surface area (Å²) in [7, 11) is 0. The lowest BCUT2D eigenvalue weighted by Gasteiger charge is -2.26. The van der Waals surface area contributed by atoms with Crippen molar-refractivity contribution in [2.75, 3.05) is 11.6 Å². The van der Waals surface area contributed by atoms with Crippen molar-refractivity contribution in [3.8, 4) is 0 Å². The quantitative estimate of drug-likeness (QED) is 0.558. The first-order valence-corrected chi connectivity index (χ1v) is 9.64. The smallest absolute Gasteiger partial charge is 0.323 e. The number of carbonyl (C=O) groups is 3. The fraction of sp³-hybridized carbons (Fsp3) is 0.318. The number of hydrogen-bond donors (Lipinski definition) is 2. The highest BCUT2D eigenvalue weighted by Crippen LogP contribution is 2.25. The third-order valence-electron chi connectivity index (χ3n) is 4.73. The van der Waals surface area contributed by atoms with E-state index >= 15 is 0 Å². The van der Waals surface area contributed by atoms with Crippen LogP contribution in [0.3, 0.4) is 0 Å². The number of nitrogens with zero attached hydrogens (tertiary/aromatic N) is 2. The van der Waals surface area contributed by atoms with Crippen LogP contribution in [0.1, 0.15) is 27.2 Å². The highest BCUT2D eigenvalue weighted by Gasteiger charge is 2.48. The number of amides is 4. The number of para-hydroxylation sites is 2. The summed E-state index contributed by atoms with van der Waals surface area (Å²) in [6, 6.07) is 18.1. The number of carbonyl (C=O) groups excluding carboxylic acids is 3. The van der Waals surface area contributed by atoms with Gasteiger partial charge in [-0.15, -0.1) is 0 Å². The number of hydrazine groups is 1. The third kappa shape index (κ3) is 4.56. The van der Waals surface area contributed by atoms with E-state index in [1.165, 1.54) is 0 Å². The minimum absolute atomic E-state index is 0.227. The van der Waals surface area contributed by atoms with E-state index in [4.69, 9.17) is 0 Å². The summed E-state index contributed by atoms with van der Waals surface area (Å²) in [4.78, 5) is 38.9. The van der Waals surface area contributed by atoms with Gasteiger partial charge in [0.05, 0.1) is 11.4 Å². The molecule has 2 N–H and O–H groups in total. The zero-order valence-corrected chi connectivity index (χ0v) is 16.9. The van der Waals surface area contributed by atoms with Gasteiger partial charge in [0.25, 0.3) is 11.8 Å². The molecule has 7 heteroatoms. The highest BCUT2D eigenvalue weighted by molar-refractivity contribution is 6.08. The van der Waals surface area contributed by atoms with Crippen molar-refractivity contribution in [3.63, 3.8) is 0 Å². The fourth-order valence-electron chi connectivity index (χ4n) is 3.58. The molecule has 0 unspecified atom stereocenters. The summed E-state index contributed by atoms with van der Waals surface area (Å²) >= 11 is 0. The molecular formula is C22H26N4O3. The maximum absolute atomic E-state index is 12.8. The largest absolute Gasteiger partial charge is 0.325 e. The molecule has 152 valence electrons. The molecule has 4 amide bonds. The minimum Gasteiger partial charge on any atom is -0.323 e. The van der Waals surface area contributed by atoms with Gasteiger partial charge in [0, 0.05) is 0 Å². The molecule has 0 saturated carbocycles. The molecule has 0 aromatic heterocycles. The Morgan fingerprint density at radius 1 is 1.03 bits per heavy atom. The molecular weight excluding hydrogens is 368 g/mol. The second-order valence-corrected chi connectivity index (χ2v) is 7.79. The topological polar surface area (TPSA) is 81.8 Å². The normalized spacial score (nSPS) is 18.7. The van der Waals surface area contributed by atoms with Gasteiger partial charge in [-0.3, -0.25) is 24.9 Å². The summed E-state index contributed by atoms with van der Waals surface area (Å²) in [5.74, 6) is -0.614. The molecule has 1 aliphatic rings. The molecule has 1 saturated heterocycles.